The Balaban J connectivity index is 2.86. The highest BCUT2D eigenvalue weighted by atomic mass is 16.5. The van der Waals surface area contributed by atoms with Crippen LogP contribution in [0.1, 0.15) is 25.3 Å². The van der Waals surface area contributed by atoms with Crippen molar-refractivity contribution in [2.75, 3.05) is 19.5 Å². The van der Waals surface area contributed by atoms with Crippen molar-refractivity contribution in [1.29, 1.82) is 0 Å². The highest BCUT2D eigenvalue weighted by Crippen LogP contribution is 2.34. The summed E-state index contributed by atoms with van der Waals surface area (Å²) in [6.07, 6.45) is 0.410. The van der Waals surface area contributed by atoms with Crippen LogP contribution in [-0.4, -0.2) is 25.9 Å². The number of methoxy groups -OCH3 is 2. The smallest absolute Gasteiger partial charge is 0.224 e. The van der Waals surface area contributed by atoms with Crippen LogP contribution < -0.4 is 14.8 Å². The number of rotatable bonds is 6. The van der Waals surface area contributed by atoms with Gasteiger partial charge in [0.1, 0.15) is 17.3 Å². The van der Waals surface area contributed by atoms with E-state index in [-0.39, 0.29) is 24.5 Å². The molecule has 0 spiro atoms. The van der Waals surface area contributed by atoms with Crippen molar-refractivity contribution in [2.45, 2.75) is 26.7 Å². The first-order valence-corrected chi connectivity index (χ1v) is 6.00. The Morgan fingerprint density at radius 1 is 1.16 bits per heavy atom. The van der Waals surface area contributed by atoms with Crippen LogP contribution in [0, 0.1) is 6.92 Å². The number of hydrogen-bond donors (Lipinski definition) is 1. The molecule has 1 rings (SSSR count). The van der Waals surface area contributed by atoms with E-state index in [0.29, 0.717) is 17.2 Å². The standard InChI is InChI=1S/C14H19NO4/c1-9(16)5-8-13(17)15-11-6-7-12(18-3)10(2)14(11)19-4/h6-7H,5,8H2,1-4H3,(H,15,17). The van der Waals surface area contributed by atoms with E-state index in [0.717, 1.165) is 5.56 Å². The van der Waals surface area contributed by atoms with E-state index in [1.807, 2.05) is 6.92 Å². The van der Waals surface area contributed by atoms with Crippen molar-refractivity contribution < 1.29 is 19.1 Å². The fourth-order valence-corrected chi connectivity index (χ4v) is 1.76. The van der Waals surface area contributed by atoms with Gasteiger partial charge >= 0.3 is 0 Å². The molecule has 104 valence electrons. The quantitative estimate of drug-likeness (QED) is 0.857. The SMILES string of the molecule is COc1ccc(NC(=O)CCC(C)=O)c(OC)c1C. The van der Waals surface area contributed by atoms with E-state index in [2.05, 4.69) is 5.32 Å². The molecule has 0 saturated heterocycles. The highest BCUT2D eigenvalue weighted by Gasteiger charge is 2.13. The molecule has 0 aliphatic rings. The first-order valence-electron chi connectivity index (χ1n) is 6.00. The second kappa shape index (κ2) is 6.78. The zero-order chi connectivity index (χ0) is 14.4. The summed E-state index contributed by atoms with van der Waals surface area (Å²) in [4.78, 5) is 22.5. The van der Waals surface area contributed by atoms with Gasteiger partial charge < -0.3 is 19.6 Å². The van der Waals surface area contributed by atoms with Crippen LogP contribution in [0.25, 0.3) is 0 Å². The molecular weight excluding hydrogens is 246 g/mol. The monoisotopic (exact) mass is 265 g/mol. The summed E-state index contributed by atoms with van der Waals surface area (Å²) in [5.41, 5.74) is 1.39. The first-order chi connectivity index (χ1) is 8.99. The third-order valence-corrected chi connectivity index (χ3v) is 2.76. The third-order valence-electron chi connectivity index (χ3n) is 2.76. The van der Waals surface area contributed by atoms with Crippen LogP contribution >= 0.6 is 0 Å². The fourth-order valence-electron chi connectivity index (χ4n) is 1.76. The van der Waals surface area contributed by atoms with E-state index in [9.17, 15) is 9.59 Å². The van der Waals surface area contributed by atoms with Crippen molar-refractivity contribution >= 4 is 17.4 Å². The van der Waals surface area contributed by atoms with Crippen LogP contribution in [0.5, 0.6) is 11.5 Å². The molecule has 0 radical (unpaired) electrons. The third kappa shape index (κ3) is 3.98. The van der Waals surface area contributed by atoms with Crippen molar-refractivity contribution in [1.82, 2.24) is 0 Å². The summed E-state index contributed by atoms with van der Waals surface area (Å²) < 4.78 is 10.5. The largest absolute Gasteiger partial charge is 0.496 e. The molecule has 1 aromatic carbocycles. The molecule has 19 heavy (non-hydrogen) atoms. The average Bonchev–Trinajstić information content (AvgIpc) is 2.37. The van der Waals surface area contributed by atoms with Crippen LogP contribution in [0.4, 0.5) is 5.69 Å². The lowest BCUT2D eigenvalue weighted by Gasteiger charge is -2.15. The van der Waals surface area contributed by atoms with Crippen LogP contribution in [0.3, 0.4) is 0 Å². The van der Waals surface area contributed by atoms with Gasteiger partial charge in [0.25, 0.3) is 0 Å². The van der Waals surface area contributed by atoms with Gasteiger partial charge in [0.05, 0.1) is 19.9 Å². The Morgan fingerprint density at radius 2 is 1.84 bits per heavy atom. The number of Topliss-reactive ketones (excluding diaryl/α,β-unsaturated/α-hetero) is 1. The van der Waals surface area contributed by atoms with Gasteiger partial charge in [-0.3, -0.25) is 4.79 Å². The number of benzene rings is 1. The predicted molar refractivity (Wildman–Crippen MR) is 72.8 cm³/mol. The van der Waals surface area contributed by atoms with Gasteiger partial charge in [0.2, 0.25) is 5.91 Å². The van der Waals surface area contributed by atoms with Crippen molar-refractivity contribution in [3.8, 4) is 11.5 Å². The molecule has 0 unspecified atom stereocenters. The van der Waals surface area contributed by atoms with Crippen LogP contribution in [-0.2, 0) is 9.59 Å². The Kier molecular flexibility index (Phi) is 5.36. The Labute approximate surface area is 112 Å². The summed E-state index contributed by atoms with van der Waals surface area (Å²) in [5, 5.41) is 2.74. The second-order valence-electron chi connectivity index (χ2n) is 4.22. The number of nitrogens with one attached hydrogen (secondary N) is 1. The summed E-state index contributed by atoms with van der Waals surface area (Å²) in [6, 6.07) is 3.48. The average molecular weight is 265 g/mol. The molecular formula is C14H19NO4. The lowest BCUT2D eigenvalue weighted by Crippen LogP contribution is -2.13. The van der Waals surface area contributed by atoms with Crippen LogP contribution in [0.15, 0.2) is 12.1 Å². The normalized spacial score (nSPS) is 9.89. The molecule has 0 bridgehead atoms. The topological polar surface area (TPSA) is 64.6 Å². The number of carbonyl (C=O) groups excluding carboxylic acids is 2. The zero-order valence-corrected chi connectivity index (χ0v) is 11.7. The number of carbonyl (C=O) groups is 2. The molecule has 1 N–H and O–H groups in total. The molecule has 0 aliphatic heterocycles. The first kappa shape index (κ1) is 15.0. The van der Waals surface area contributed by atoms with E-state index in [4.69, 9.17) is 9.47 Å². The zero-order valence-electron chi connectivity index (χ0n) is 11.7. The van der Waals surface area contributed by atoms with Gasteiger partial charge in [0.15, 0.2) is 0 Å². The van der Waals surface area contributed by atoms with Crippen molar-refractivity contribution in [2.24, 2.45) is 0 Å². The maximum absolute atomic E-state index is 11.7. The van der Waals surface area contributed by atoms with Crippen molar-refractivity contribution in [3.63, 3.8) is 0 Å². The minimum atomic E-state index is -0.210. The van der Waals surface area contributed by atoms with Crippen molar-refractivity contribution in [3.05, 3.63) is 17.7 Å². The molecule has 0 heterocycles. The predicted octanol–water partition coefficient (Wildman–Crippen LogP) is 2.32. The van der Waals surface area contributed by atoms with E-state index < -0.39 is 0 Å². The molecule has 0 atom stereocenters. The van der Waals surface area contributed by atoms with E-state index in [1.165, 1.54) is 14.0 Å². The molecule has 0 fully saturated rings. The lowest BCUT2D eigenvalue weighted by atomic mass is 10.1. The second-order valence-corrected chi connectivity index (χ2v) is 4.22. The highest BCUT2D eigenvalue weighted by molar-refractivity contribution is 5.94. The Bertz CT molecular complexity index is 483. The lowest BCUT2D eigenvalue weighted by molar-refractivity contribution is -0.121. The van der Waals surface area contributed by atoms with Gasteiger partial charge in [-0.25, -0.2) is 0 Å². The van der Waals surface area contributed by atoms with Crippen LogP contribution in [0.2, 0.25) is 0 Å². The molecule has 5 nitrogen and oxygen atoms in total. The summed E-state index contributed by atoms with van der Waals surface area (Å²) >= 11 is 0. The van der Waals surface area contributed by atoms with Gasteiger partial charge in [-0.15, -0.1) is 0 Å². The number of amides is 1. The number of hydrogen-bond acceptors (Lipinski definition) is 4. The van der Waals surface area contributed by atoms with Gasteiger partial charge in [-0.1, -0.05) is 0 Å². The summed E-state index contributed by atoms with van der Waals surface area (Å²) in [5.74, 6) is 1.04. The van der Waals surface area contributed by atoms with E-state index in [1.54, 1.807) is 19.2 Å². The van der Waals surface area contributed by atoms with Gasteiger partial charge in [-0.05, 0) is 26.0 Å². The van der Waals surface area contributed by atoms with Gasteiger partial charge in [0, 0.05) is 18.4 Å². The van der Waals surface area contributed by atoms with E-state index >= 15 is 0 Å². The Hall–Kier alpha value is -2.04. The Morgan fingerprint density at radius 3 is 2.37 bits per heavy atom. The fraction of sp³-hybridized carbons (Fsp3) is 0.429. The van der Waals surface area contributed by atoms with Gasteiger partial charge in [-0.2, -0.15) is 0 Å². The summed E-state index contributed by atoms with van der Waals surface area (Å²) in [7, 11) is 3.11. The molecule has 0 aromatic heterocycles. The maximum atomic E-state index is 11.7. The number of anilines is 1. The summed E-state index contributed by atoms with van der Waals surface area (Å²) in [6.45, 7) is 3.31. The number of ether oxygens (including phenoxy) is 2. The molecule has 0 saturated carbocycles. The molecule has 1 amide bonds. The number of ketones is 1. The molecule has 0 aliphatic carbocycles. The maximum Gasteiger partial charge on any atom is 0.224 e. The molecule has 1 aromatic rings. The molecule has 5 heteroatoms. The minimum Gasteiger partial charge on any atom is -0.496 e. The minimum absolute atomic E-state index is 0.00646.